The molecule has 2 N–H and O–H groups in total. The molecule has 1 spiro atoms. The van der Waals surface area contributed by atoms with E-state index in [2.05, 4.69) is 5.32 Å². The highest BCUT2D eigenvalue weighted by atomic mass is 16.6. The number of nitrogens with zero attached hydrogens (tertiary/aromatic N) is 1. The third kappa shape index (κ3) is 2.38. The van der Waals surface area contributed by atoms with Crippen molar-refractivity contribution in [2.45, 2.75) is 25.0 Å². The Hall–Kier alpha value is -1.75. The third-order valence-corrected chi connectivity index (χ3v) is 3.83. The highest BCUT2D eigenvalue weighted by Gasteiger charge is 2.45. The van der Waals surface area contributed by atoms with Crippen LogP contribution in [-0.4, -0.2) is 41.3 Å². The molecule has 2 aliphatic heterocycles. The van der Waals surface area contributed by atoms with Crippen LogP contribution in [0.1, 0.15) is 18.4 Å². The molecule has 3 rings (SSSR count). The van der Waals surface area contributed by atoms with E-state index in [1.807, 2.05) is 12.1 Å². The fraction of sp³-hybridized carbons (Fsp3) is 0.500. The minimum absolute atomic E-state index is 0.220. The standard InChI is InChI=1S/C14H18N2O3/c17-12-5-2-1-4-11(12)8-16-10-14(19-13(16)18)6-3-7-15-9-14/h1-2,4-5,15,17H,3,6-10H2. The van der Waals surface area contributed by atoms with Crippen molar-refractivity contribution in [2.75, 3.05) is 19.6 Å². The van der Waals surface area contributed by atoms with Gasteiger partial charge in [0.25, 0.3) is 0 Å². The number of phenols is 1. The van der Waals surface area contributed by atoms with Crippen LogP contribution in [0.25, 0.3) is 0 Å². The Balaban J connectivity index is 1.72. The molecule has 19 heavy (non-hydrogen) atoms. The average Bonchev–Trinajstić information content (AvgIpc) is 2.69. The van der Waals surface area contributed by atoms with Crippen molar-refractivity contribution in [3.05, 3.63) is 29.8 Å². The SMILES string of the molecule is O=C1OC2(CCCNC2)CN1Cc1ccccc1O. The second kappa shape index (κ2) is 4.74. The number of ether oxygens (including phenoxy) is 1. The largest absolute Gasteiger partial charge is 0.508 e. The van der Waals surface area contributed by atoms with Crippen molar-refractivity contribution in [2.24, 2.45) is 0 Å². The number of hydrogen-bond donors (Lipinski definition) is 2. The number of carbonyl (C=O) groups is 1. The molecule has 1 unspecified atom stereocenters. The molecule has 1 aromatic rings. The maximum absolute atomic E-state index is 12.0. The lowest BCUT2D eigenvalue weighted by Crippen LogP contribution is -2.48. The molecule has 2 heterocycles. The number of hydrogen-bond acceptors (Lipinski definition) is 4. The minimum atomic E-state index is -0.375. The second-order valence-corrected chi connectivity index (χ2v) is 5.32. The van der Waals surface area contributed by atoms with Crippen LogP contribution in [0, 0.1) is 0 Å². The van der Waals surface area contributed by atoms with E-state index in [1.165, 1.54) is 0 Å². The highest BCUT2D eigenvalue weighted by molar-refractivity contribution is 5.71. The maximum Gasteiger partial charge on any atom is 0.410 e. The molecule has 2 fully saturated rings. The van der Waals surface area contributed by atoms with E-state index >= 15 is 0 Å². The molecule has 1 atom stereocenters. The summed E-state index contributed by atoms with van der Waals surface area (Å²) in [6.45, 7) is 2.69. The van der Waals surface area contributed by atoms with Crippen LogP contribution < -0.4 is 5.32 Å². The van der Waals surface area contributed by atoms with Gasteiger partial charge in [0.05, 0.1) is 13.1 Å². The van der Waals surface area contributed by atoms with Gasteiger partial charge in [0, 0.05) is 12.1 Å². The van der Waals surface area contributed by atoms with E-state index in [0.717, 1.165) is 31.5 Å². The Morgan fingerprint density at radius 1 is 1.42 bits per heavy atom. The van der Waals surface area contributed by atoms with Crippen LogP contribution in [-0.2, 0) is 11.3 Å². The van der Waals surface area contributed by atoms with Gasteiger partial charge in [0.1, 0.15) is 11.4 Å². The van der Waals surface area contributed by atoms with Gasteiger partial charge < -0.3 is 15.2 Å². The van der Waals surface area contributed by atoms with Crippen LogP contribution >= 0.6 is 0 Å². The summed E-state index contributed by atoms with van der Waals surface area (Å²) in [5.74, 6) is 0.220. The molecule has 5 heteroatoms. The van der Waals surface area contributed by atoms with E-state index in [9.17, 15) is 9.90 Å². The van der Waals surface area contributed by atoms with E-state index in [1.54, 1.807) is 17.0 Å². The number of benzene rings is 1. The monoisotopic (exact) mass is 262 g/mol. The fourth-order valence-corrected chi connectivity index (χ4v) is 2.83. The summed E-state index contributed by atoms with van der Waals surface area (Å²) in [6.07, 6.45) is 1.65. The number of aromatic hydroxyl groups is 1. The number of carbonyl (C=O) groups excluding carboxylic acids is 1. The molecule has 2 saturated heterocycles. The summed E-state index contributed by atoms with van der Waals surface area (Å²) < 4.78 is 5.56. The van der Waals surface area contributed by atoms with Crippen molar-refractivity contribution < 1.29 is 14.6 Å². The normalized spacial score (nSPS) is 26.7. The van der Waals surface area contributed by atoms with E-state index in [-0.39, 0.29) is 17.4 Å². The molecule has 0 aromatic heterocycles. The van der Waals surface area contributed by atoms with Gasteiger partial charge in [-0.25, -0.2) is 4.79 Å². The van der Waals surface area contributed by atoms with Gasteiger partial charge in [-0.3, -0.25) is 4.90 Å². The van der Waals surface area contributed by atoms with Gasteiger partial charge >= 0.3 is 6.09 Å². The van der Waals surface area contributed by atoms with Gasteiger partial charge in [-0.1, -0.05) is 18.2 Å². The summed E-state index contributed by atoms with van der Waals surface area (Å²) >= 11 is 0. The molecule has 0 aliphatic carbocycles. The molecular weight excluding hydrogens is 244 g/mol. The summed E-state index contributed by atoms with van der Waals surface area (Å²) in [4.78, 5) is 13.6. The first kappa shape index (κ1) is 12.3. The zero-order chi connectivity index (χ0) is 13.3. The lowest BCUT2D eigenvalue weighted by molar-refractivity contribution is 0.0366. The Bertz CT molecular complexity index is 483. The van der Waals surface area contributed by atoms with E-state index in [4.69, 9.17) is 4.74 Å². The van der Waals surface area contributed by atoms with Crippen molar-refractivity contribution in [3.63, 3.8) is 0 Å². The van der Waals surface area contributed by atoms with Crippen LogP contribution in [0.2, 0.25) is 0 Å². The first-order valence-corrected chi connectivity index (χ1v) is 6.64. The van der Waals surface area contributed by atoms with Crippen LogP contribution in [0.15, 0.2) is 24.3 Å². The van der Waals surface area contributed by atoms with Crippen LogP contribution in [0.5, 0.6) is 5.75 Å². The Labute approximate surface area is 112 Å². The predicted molar refractivity (Wildman–Crippen MR) is 69.8 cm³/mol. The molecule has 0 radical (unpaired) electrons. The molecule has 0 bridgehead atoms. The Morgan fingerprint density at radius 3 is 3.00 bits per heavy atom. The summed E-state index contributed by atoms with van der Waals surface area (Å²) in [5, 5.41) is 13.0. The summed E-state index contributed by atoms with van der Waals surface area (Å²) in [7, 11) is 0. The Kier molecular flexibility index (Phi) is 3.06. The topological polar surface area (TPSA) is 61.8 Å². The predicted octanol–water partition coefficient (Wildman–Crippen LogP) is 1.47. The third-order valence-electron chi connectivity index (χ3n) is 3.83. The first-order valence-electron chi connectivity index (χ1n) is 6.64. The van der Waals surface area contributed by atoms with E-state index in [0.29, 0.717) is 13.1 Å². The van der Waals surface area contributed by atoms with Crippen molar-refractivity contribution in [3.8, 4) is 5.75 Å². The van der Waals surface area contributed by atoms with Gasteiger partial charge in [0.2, 0.25) is 0 Å². The lowest BCUT2D eigenvalue weighted by Gasteiger charge is -2.31. The maximum atomic E-state index is 12.0. The van der Waals surface area contributed by atoms with Gasteiger partial charge in [-0.2, -0.15) is 0 Å². The van der Waals surface area contributed by atoms with Crippen LogP contribution in [0.4, 0.5) is 4.79 Å². The first-order chi connectivity index (χ1) is 9.19. The number of phenolic OH excluding ortho intramolecular Hbond substituents is 1. The van der Waals surface area contributed by atoms with Gasteiger partial charge in [-0.15, -0.1) is 0 Å². The number of para-hydroxylation sites is 1. The molecule has 0 saturated carbocycles. The zero-order valence-corrected chi connectivity index (χ0v) is 10.8. The van der Waals surface area contributed by atoms with Crippen molar-refractivity contribution in [1.82, 2.24) is 10.2 Å². The quantitative estimate of drug-likeness (QED) is 0.847. The summed E-state index contributed by atoms with van der Waals surface area (Å²) in [5.41, 5.74) is 0.375. The molecule has 102 valence electrons. The van der Waals surface area contributed by atoms with Gasteiger partial charge in [0.15, 0.2) is 0 Å². The lowest BCUT2D eigenvalue weighted by atomic mass is 9.94. The van der Waals surface area contributed by atoms with Crippen molar-refractivity contribution in [1.29, 1.82) is 0 Å². The van der Waals surface area contributed by atoms with Crippen molar-refractivity contribution >= 4 is 6.09 Å². The molecule has 1 aromatic carbocycles. The molecule has 5 nitrogen and oxygen atoms in total. The smallest absolute Gasteiger partial charge is 0.410 e. The zero-order valence-electron chi connectivity index (χ0n) is 10.8. The second-order valence-electron chi connectivity index (χ2n) is 5.32. The number of amides is 1. The van der Waals surface area contributed by atoms with Crippen LogP contribution in [0.3, 0.4) is 0 Å². The van der Waals surface area contributed by atoms with Gasteiger partial charge in [-0.05, 0) is 25.5 Å². The fourth-order valence-electron chi connectivity index (χ4n) is 2.83. The average molecular weight is 262 g/mol. The highest BCUT2D eigenvalue weighted by Crippen LogP contribution is 2.31. The van der Waals surface area contributed by atoms with E-state index < -0.39 is 0 Å². The number of nitrogens with one attached hydrogen (secondary N) is 1. The Morgan fingerprint density at radius 2 is 2.26 bits per heavy atom. The number of piperidine rings is 1. The number of rotatable bonds is 2. The molecule has 1 amide bonds. The molecular formula is C14H18N2O3. The minimum Gasteiger partial charge on any atom is -0.508 e. The molecule has 2 aliphatic rings. The summed E-state index contributed by atoms with van der Waals surface area (Å²) in [6, 6.07) is 7.09.